The molecule has 5 heteroatoms. The Labute approximate surface area is 131 Å². The SMILES string of the molecule is Cc1ccc(NC(=O)CN2CCCCCC2CO)c(Cl)c1. The number of aliphatic hydroxyl groups is 1. The minimum Gasteiger partial charge on any atom is -0.395 e. The number of rotatable bonds is 4. The monoisotopic (exact) mass is 310 g/mol. The molecule has 1 unspecified atom stereocenters. The Morgan fingerprint density at radius 3 is 2.95 bits per heavy atom. The van der Waals surface area contributed by atoms with Crippen LogP contribution in [0.25, 0.3) is 0 Å². The van der Waals surface area contributed by atoms with Gasteiger partial charge in [0, 0.05) is 6.04 Å². The molecule has 1 amide bonds. The fourth-order valence-corrected chi connectivity index (χ4v) is 3.03. The average molecular weight is 311 g/mol. The molecule has 1 aromatic carbocycles. The highest BCUT2D eigenvalue weighted by Gasteiger charge is 2.22. The molecule has 1 saturated heterocycles. The first-order chi connectivity index (χ1) is 10.1. The molecule has 0 saturated carbocycles. The summed E-state index contributed by atoms with van der Waals surface area (Å²) in [5, 5.41) is 12.9. The molecule has 0 spiro atoms. The van der Waals surface area contributed by atoms with Gasteiger partial charge in [-0.3, -0.25) is 9.69 Å². The van der Waals surface area contributed by atoms with Crippen LogP contribution < -0.4 is 5.32 Å². The molecule has 4 nitrogen and oxygen atoms in total. The van der Waals surface area contributed by atoms with E-state index in [1.807, 2.05) is 25.1 Å². The van der Waals surface area contributed by atoms with Crippen LogP contribution in [0.2, 0.25) is 5.02 Å². The number of amides is 1. The molecule has 2 rings (SSSR count). The summed E-state index contributed by atoms with van der Waals surface area (Å²) >= 11 is 6.13. The predicted molar refractivity (Wildman–Crippen MR) is 85.7 cm³/mol. The van der Waals surface area contributed by atoms with Crippen molar-refractivity contribution in [3.8, 4) is 0 Å². The highest BCUT2D eigenvalue weighted by Crippen LogP contribution is 2.23. The Morgan fingerprint density at radius 2 is 2.24 bits per heavy atom. The van der Waals surface area contributed by atoms with Crippen molar-refractivity contribution < 1.29 is 9.90 Å². The van der Waals surface area contributed by atoms with E-state index in [9.17, 15) is 9.90 Å². The van der Waals surface area contributed by atoms with E-state index < -0.39 is 0 Å². The van der Waals surface area contributed by atoms with E-state index in [1.54, 1.807) is 0 Å². The van der Waals surface area contributed by atoms with E-state index in [1.165, 1.54) is 6.42 Å². The van der Waals surface area contributed by atoms with Gasteiger partial charge in [-0.15, -0.1) is 0 Å². The zero-order valence-corrected chi connectivity index (χ0v) is 13.2. The van der Waals surface area contributed by atoms with Crippen LogP contribution in [0, 0.1) is 6.92 Å². The molecule has 0 aromatic heterocycles. The fraction of sp³-hybridized carbons (Fsp3) is 0.562. The first-order valence-corrected chi connectivity index (χ1v) is 7.89. The lowest BCUT2D eigenvalue weighted by Crippen LogP contribution is -2.42. The second kappa shape index (κ2) is 7.78. The van der Waals surface area contributed by atoms with Crippen molar-refractivity contribution in [3.05, 3.63) is 28.8 Å². The number of anilines is 1. The third-order valence-electron chi connectivity index (χ3n) is 3.96. The van der Waals surface area contributed by atoms with Crippen LogP contribution in [0.4, 0.5) is 5.69 Å². The van der Waals surface area contributed by atoms with Crippen LogP contribution in [0.15, 0.2) is 18.2 Å². The minimum atomic E-state index is -0.0823. The number of nitrogens with zero attached hydrogens (tertiary/aromatic N) is 1. The number of aryl methyl sites for hydroxylation is 1. The molecule has 1 heterocycles. The third kappa shape index (κ3) is 4.70. The topological polar surface area (TPSA) is 52.6 Å². The molecule has 21 heavy (non-hydrogen) atoms. The van der Waals surface area contributed by atoms with Gasteiger partial charge in [-0.1, -0.05) is 30.5 Å². The summed E-state index contributed by atoms with van der Waals surface area (Å²) in [5.41, 5.74) is 1.70. The van der Waals surface area contributed by atoms with Gasteiger partial charge in [0.2, 0.25) is 5.91 Å². The number of carbonyl (C=O) groups excluding carboxylic acids is 1. The molecule has 1 fully saturated rings. The molecule has 0 radical (unpaired) electrons. The number of benzene rings is 1. The maximum Gasteiger partial charge on any atom is 0.238 e. The normalized spacial score (nSPS) is 20.0. The molecule has 0 bridgehead atoms. The summed E-state index contributed by atoms with van der Waals surface area (Å²) in [6.45, 7) is 3.23. The Bertz CT molecular complexity index is 493. The van der Waals surface area contributed by atoms with Crippen LogP contribution in [0.1, 0.15) is 31.2 Å². The molecule has 0 aliphatic carbocycles. The molecule has 1 atom stereocenters. The minimum absolute atomic E-state index is 0.0823. The Balaban J connectivity index is 1.96. The summed E-state index contributed by atoms with van der Waals surface area (Å²) in [5.74, 6) is -0.0823. The van der Waals surface area contributed by atoms with Gasteiger partial charge in [-0.25, -0.2) is 0 Å². The van der Waals surface area contributed by atoms with Gasteiger partial charge in [0.15, 0.2) is 0 Å². The highest BCUT2D eigenvalue weighted by atomic mass is 35.5. The second-order valence-electron chi connectivity index (χ2n) is 5.69. The van der Waals surface area contributed by atoms with Crippen LogP contribution in [-0.2, 0) is 4.79 Å². The number of nitrogens with one attached hydrogen (secondary N) is 1. The molecule has 116 valence electrons. The van der Waals surface area contributed by atoms with Crippen molar-refractivity contribution in [3.63, 3.8) is 0 Å². The zero-order valence-electron chi connectivity index (χ0n) is 12.4. The maximum atomic E-state index is 12.2. The van der Waals surface area contributed by atoms with Gasteiger partial charge >= 0.3 is 0 Å². The van der Waals surface area contributed by atoms with Crippen molar-refractivity contribution in [2.75, 3.05) is 25.0 Å². The molecular weight excluding hydrogens is 288 g/mol. The largest absolute Gasteiger partial charge is 0.395 e. The number of aliphatic hydroxyl groups excluding tert-OH is 1. The van der Waals surface area contributed by atoms with Crippen molar-refractivity contribution >= 4 is 23.2 Å². The molecule has 2 N–H and O–H groups in total. The van der Waals surface area contributed by atoms with E-state index in [4.69, 9.17) is 11.6 Å². The Hall–Kier alpha value is -1.10. The first kappa shape index (κ1) is 16.3. The summed E-state index contributed by atoms with van der Waals surface area (Å²) in [6, 6.07) is 5.66. The van der Waals surface area contributed by atoms with Crippen molar-refractivity contribution in [1.29, 1.82) is 0 Å². The van der Waals surface area contributed by atoms with E-state index in [-0.39, 0.29) is 18.6 Å². The van der Waals surface area contributed by atoms with Crippen LogP contribution in [-0.4, -0.2) is 41.7 Å². The van der Waals surface area contributed by atoms with Crippen LogP contribution in [0.3, 0.4) is 0 Å². The van der Waals surface area contributed by atoms with Gasteiger partial charge < -0.3 is 10.4 Å². The highest BCUT2D eigenvalue weighted by molar-refractivity contribution is 6.33. The molecule has 1 aliphatic rings. The number of carbonyl (C=O) groups is 1. The molecule has 1 aromatic rings. The van der Waals surface area contributed by atoms with Gasteiger partial charge in [-0.05, 0) is 44.0 Å². The quantitative estimate of drug-likeness (QED) is 0.899. The lowest BCUT2D eigenvalue weighted by atomic mass is 10.1. The predicted octanol–water partition coefficient (Wildman–Crippen LogP) is 2.82. The lowest BCUT2D eigenvalue weighted by molar-refractivity contribution is -0.118. The van der Waals surface area contributed by atoms with Crippen molar-refractivity contribution in [1.82, 2.24) is 4.90 Å². The zero-order chi connectivity index (χ0) is 15.2. The second-order valence-corrected chi connectivity index (χ2v) is 6.09. The van der Waals surface area contributed by atoms with Gasteiger partial charge in [0.1, 0.15) is 0 Å². The number of hydrogen-bond donors (Lipinski definition) is 2. The van der Waals surface area contributed by atoms with E-state index in [0.717, 1.165) is 31.4 Å². The van der Waals surface area contributed by atoms with Gasteiger partial charge in [-0.2, -0.15) is 0 Å². The van der Waals surface area contributed by atoms with Gasteiger partial charge in [0.25, 0.3) is 0 Å². The standard InChI is InChI=1S/C16H23ClN2O2/c1-12-6-7-15(14(17)9-12)18-16(21)10-19-8-4-2-3-5-13(19)11-20/h6-7,9,13,20H,2-5,8,10-11H2,1H3,(H,18,21). The van der Waals surface area contributed by atoms with E-state index in [2.05, 4.69) is 10.2 Å². The summed E-state index contributed by atoms with van der Waals surface area (Å²) < 4.78 is 0. The summed E-state index contributed by atoms with van der Waals surface area (Å²) in [6.07, 6.45) is 4.32. The van der Waals surface area contributed by atoms with Crippen LogP contribution in [0.5, 0.6) is 0 Å². The smallest absolute Gasteiger partial charge is 0.238 e. The third-order valence-corrected chi connectivity index (χ3v) is 4.27. The first-order valence-electron chi connectivity index (χ1n) is 7.51. The van der Waals surface area contributed by atoms with Crippen molar-refractivity contribution in [2.45, 2.75) is 38.6 Å². The maximum absolute atomic E-state index is 12.2. The Kier molecular flexibility index (Phi) is 6.03. The van der Waals surface area contributed by atoms with E-state index in [0.29, 0.717) is 17.3 Å². The Morgan fingerprint density at radius 1 is 1.43 bits per heavy atom. The van der Waals surface area contributed by atoms with E-state index >= 15 is 0 Å². The molecular formula is C16H23ClN2O2. The van der Waals surface area contributed by atoms with Crippen LogP contribution >= 0.6 is 11.6 Å². The average Bonchev–Trinajstić information content (AvgIpc) is 2.67. The number of hydrogen-bond acceptors (Lipinski definition) is 3. The number of likely N-dealkylation sites (tertiary alicyclic amines) is 1. The fourth-order valence-electron chi connectivity index (χ4n) is 2.75. The lowest BCUT2D eigenvalue weighted by Gasteiger charge is -2.27. The molecule has 1 aliphatic heterocycles. The summed E-state index contributed by atoms with van der Waals surface area (Å²) in [7, 11) is 0. The summed E-state index contributed by atoms with van der Waals surface area (Å²) in [4.78, 5) is 14.3. The van der Waals surface area contributed by atoms with Crippen molar-refractivity contribution in [2.24, 2.45) is 0 Å². The van der Waals surface area contributed by atoms with Gasteiger partial charge in [0.05, 0.1) is 23.9 Å². The number of halogens is 1.